The van der Waals surface area contributed by atoms with E-state index >= 15 is 0 Å². The van der Waals surface area contributed by atoms with Crippen molar-refractivity contribution in [3.05, 3.63) is 60.2 Å². The lowest BCUT2D eigenvalue weighted by molar-refractivity contribution is 0.0601. The van der Waals surface area contributed by atoms with Gasteiger partial charge in [0.1, 0.15) is 0 Å². The molecular weight excluding hydrogens is 236 g/mol. The van der Waals surface area contributed by atoms with Crippen LogP contribution in [-0.2, 0) is 4.74 Å². The minimum absolute atomic E-state index is 0. The highest BCUT2D eigenvalue weighted by Crippen LogP contribution is 2.19. The molecule has 0 fully saturated rings. The molecule has 0 spiro atoms. The van der Waals surface area contributed by atoms with Crippen molar-refractivity contribution in [3.63, 3.8) is 0 Å². The molecule has 3 heteroatoms. The summed E-state index contributed by atoms with van der Waals surface area (Å²) < 4.78 is 4.64. The molecular formula is C14H13ClO2. The molecule has 0 amide bonds. The molecule has 0 bridgehead atoms. The van der Waals surface area contributed by atoms with Gasteiger partial charge in [-0.1, -0.05) is 42.5 Å². The third-order valence-electron chi connectivity index (χ3n) is 2.41. The summed E-state index contributed by atoms with van der Waals surface area (Å²) in [7, 11) is 1.38. The predicted octanol–water partition coefficient (Wildman–Crippen LogP) is 3.56. The standard InChI is InChI=1S/C14H12O2.ClH/c1-16-14(15)13-9-7-12(8-10-13)11-5-3-2-4-6-11;/h2-10H,1H3;1H. The summed E-state index contributed by atoms with van der Waals surface area (Å²) >= 11 is 0. The van der Waals surface area contributed by atoms with E-state index in [1.54, 1.807) is 12.1 Å². The molecule has 2 rings (SSSR count). The van der Waals surface area contributed by atoms with Gasteiger partial charge in [-0.2, -0.15) is 0 Å². The molecule has 0 saturated carbocycles. The van der Waals surface area contributed by atoms with Crippen LogP contribution >= 0.6 is 12.4 Å². The molecule has 0 aliphatic heterocycles. The maximum Gasteiger partial charge on any atom is 0.337 e. The van der Waals surface area contributed by atoms with Gasteiger partial charge in [-0.05, 0) is 23.3 Å². The lowest BCUT2D eigenvalue weighted by atomic mass is 10.0. The monoisotopic (exact) mass is 248 g/mol. The van der Waals surface area contributed by atoms with E-state index in [1.165, 1.54) is 7.11 Å². The predicted molar refractivity (Wildman–Crippen MR) is 70.5 cm³/mol. The van der Waals surface area contributed by atoms with Crippen LogP contribution in [0.2, 0.25) is 0 Å². The van der Waals surface area contributed by atoms with Crippen molar-refractivity contribution in [3.8, 4) is 11.1 Å². The first-order valence-corrected chi connectivity index (χ1v) is 5.05. The van der Waals surface area contributed by atoms with Crippen LogP contribution in [0.15, 0.2) is 54.6 Å². The minimum Gasteiger partial charge on any atom is -0.465 e. The van der Waals surface area contributed by atoms with Crippen molar-refractivity contribution < 1.29 is 9.53 Å². The van der Waals surface area contributed by atoms with Crippen molar-refractivity contribution in [2.45, 2.75) is 0 Å². The highest BCUT2D eigenvalue weighted by Gasteiger charge is 2.04. The number of halogens is 1. The Morgan fingerprint density at radius 1 is 0.882 bits per heavy atom. The highest BCUT2D eigenvalue weighted by molar-refractivity contribution is 5.89. The molecule has 17 heavy (non-hydrogen) atoms. The largest absolute Gasteiger partial charge is 0.465 e. The first kappa shape index (κ1) is 13.3. The molecule has 0 aliphatic rings. The minimum atomic E-state index is -0.306. The third kappa shape index (κ3) is 3.08. The van der Waals surface area contributed by atoms with Gasteiger partial charge in [-0.3, -0.25) is 0 Å². The van der Waals surface area contributed by atoms with E-state index in [2.05, 4.69) is 4.74 Å². The molecule has 0 radical (unpaired) electrons. The summed E-state index contributed by atoms with van der Waals surface area (Å²) in [4.78, 5) is 11.2. The normalized spacial score (nSPS) is 9.24. The number of carbonyl (C=O) groups excluding carboxylic acids is 1. The van der Waals surface area contributed by atoms with Crippen molar-refractivity contribution >= 4 is 18.4 Å². The average Bonchev–Trinajstić information content (AvgIpc) is 2.39. The van der Waals surface area contributed by atoms with Gasteiger partial charge in [-0.15, -0.1) is 12.4 Å². The molecule has 0 aliphatic carbocycles. The van der Waals surface area contributed by atoms with E-state index in [-0.39, 0.29) is 18.4 Å². The summed E-state index contributed by atoms with van der Waals surface area (Å²) in [5, 5.41) is 0. The molecule has 0 heterocycles. The Balaban J connectivity index is 0.00000144. The number of methoxy groups -OCH3 is 1. The van der Waals surface area contributed by atoms with Crippen LogP contribution < -0.4 is 0 Å². The Morgan fingerprint density at radius 3 is 1.94 bits per heavy atom. The summed E-state index contributed by atoms with van der Waals surface area (Å²) in [6.07, 6.45) is 0. The van der Waals surface area contributed by atoms with Crippen molar-refractivity contribution in [2.75, 3.05) is 7.11 Å². The number of hydrogen-bond acceptors (Lipinski definition) is 2. The second-order valence-electron chi connectivity index (χ2n) is 3.43. The average molecular weight is 249 g/mol. The molecule has 0 N–H and O–H groups in total. The maximum absolute atomic E-state index is 11.2. The molecule has 88 valence electrons. The van der Waals surface area contributed by atoms with Crippen LogP contribution in [0.4, 0.5) is 0 Å². The Labute approximate surface area is 107 Å². The van der Waals surface area contributed by atoms with E-state index < -0.39 is 0 Å². The summed E-state index contributed by atoms with van der Waals surface area (Å²) in [6.45, 7) is 0. The van der Waals surface area contributed by atoms with Gasteiger partial charge in [0.25, 0.3) is 0 Å². The fraction of sp³-hybridized carbons (Fsp3) is 0.0714. The van der Waals surface area contributed by atoms with Crippen LogP contribution in [0.5, 0.6) is 0 Å². The van der Waals surface area contributed by atoms with Crippen LogP contribution in [0.1, 0.15) is 10.4 Å². The lowest BCUT2D eigenvalue weighted by Crippen LogP contribution is -2.00. The topological polar surface area (TPSA) is 26.3 Å². The van der Waals surface area contributed by atoms with Crippen LogP contribution in [0.3, 0.4) is 0 Å². The number of esters is 1. The van der Waals surface area contributed by atoms with Gasteiger partial charge in [0, 0.05) is 0 Å². The van der Waals surface area contributed by atoms with Crippen LogP contribution in [-0.4, -0.2) is 13.1 Å². The molecule has 2 aromatic carbocycles. The fourth-order valence-electron chi connectivity index (χ4n) is 1.55. The molecule has 2 nitrogen and oxygen atoms in total. The fourth-order valence-corrected chi connectivity index (χ4v) is 1.55. The molecule has 0 unspecified atom stereocenters. The van der Waals surface area contributed by atoms with E-state index in [0.29, 0.717) is 5.56 Å². The quantitative estimate of drug-likeness (QED) is 0.760. The second-order valence-corrected chi connectivity index (χ2v) is 3.43. The van der Waals surface area contributed by atoms with Gasteiger partial charge >= 0.3 is 5.97 Å². The molecule has 0 aromatic heterocycles. The summed E-state index contributed by atoms with van der Waals surface area (Å²) in [6, 6.07) is 17.4. The first-order chi connectivity index (χ1) is 7.81. The van der Waals surface area contributed by atoms with Gasteiger partial charge in [0.05, 0.1) is 12.7 Å². The maximum atomic E-state index is 11.2. The van der Waals surface area contributed by atoms with Crippen LogP contribution in [0, 0.1) is 0 Å². The van der Waals surface area contributed by atoms with E-state index in [1.807, 2.05) is 42.5 Å². The second kappa shape index (κ2) is 6.06. The number of hydrogen-bond donors (Lipinski definition) is 0. The summed E-state index contributed by atoms with van der Waals surface area (Å²) in [5.41, 5.74) is 2.80. The Kier molecular flexibility index (Phi) is 4.73. The number of carbonyl (C=O) groups is 1. The van der Waals surface area contributed by atoms with Gasteiger partial charge < -0.3 is 4.74 Å². The lowest BCUT2D eigenvalue weighted by Gasteiger charge is -2.02. The Hall–Kier alpha value is -1.80. The van der Waals surface area contributed by atoms with E-state index in [0.717, 1.165) is 11.1 Å². The Morgan fingerprint density at radius 2 is 1.41 bits per heavy atom. The number of rotatable bonds is 2. The van der Waals surface area contributed by atoms with Gasteiger partial charge in [0.15, 0.2) is 0 Å². The number of ether oxygens (including phenoxy) is 1. The zero-order chi connectivity index (χ0) is 11.4. The summed E-state index contributed by atoms with van der Waals surface area (Å²) in [5.74, 6) is -0.306. The molecule has 0 saturated heterocycles. The number of benzene rings is 2. The SMILES string of the molecule is COC(=O)c1ccc(-c2ccccc2)cc1.Cl. The van der Waals surface area contributed by atoms with Crippen molar-refractivity contribution in [1.29, 1.82) is 0 Å². The van der Waals surface area contributed by atoms with Crippen molar-refractivity contribution in [2.24, 2.45) is 0 Å². The molecule has 0 atom stereocenters. The van der Waals surface area contributed by atoms with Gasteiger partial charge in [-0.25, -0.2) is 4.79 Å². The molecule has 2 aromatic rings. The first-order valence-electron chi connectivity index (χ1n) is 5.05. The van der Waals surface area contributed by atoms with E-state index in [4.69, 9.17) is 0 Å². The smallest absolute Gasteiger partial charge is 0.337 e. The van der Waals surface area contributed by atoms with Gasteiger partial charge in [0.2, 0.25) is 0 Å². The zero-order valence-corrected chi connectivity index (χ0v) is 10.2. The van der Waals surface area contributed by atoms with Crippen LogP contribution in [0.25, 0.3) is 11.1 Å². The Bertz CT molecular complexity index is 477. The highest BCUT2D eigenvalue weighted by atomic mass is 35.5. The zero-order valence-electron chi connectivity index (χ0n) is 9.42. The van der Waals surface area contributed by atoms with Crippen molar-refractivity contribution in [1.82, 2.24) is 0 Å². The third-order valence-corrected chi connectivity index (χ3v) is 2.41. The van der Waals surface area contributed by atoms with E-state index in [9.17, 15) is 4.79 Å².